The number of hydrogen-bond donors (Lipinski definition) is 1. The van der Waals surface area contributed by atoms with E-state index in [4.69, 9.17) is 11.6 Å². The Balaban J connectivity index is 1.65. The lowest BCUT2D eigenvalue weighted by Gasteiger charge is -2.28. The number of rotatable bonds is 5. The Morgan fingerprint density at radius 2 is 2.15 bits per heavy atom. The van der Waals surface area contributed by atoms with E-state index in [0.29, 0.717) is 0 Å². The van der Waals surface area contributed by atoms with Gasteiger partial charge in [-0.3, -0.25) is 4.79 Å². The molecule has 0 bridgehead atoms. The van der Waals surface area contributed by atoms with Crippen LogP contribution in [0.2, 0.25) is 5.02 Å². The lowest BCUT2D eigenvalue weighted by molar-refractivity contribution is -0.126. The Kier molecular flexibility index (Phi) is 5.86. The van der Waals surface area contributed by atoms with E-state index in [1.807, 2.05) is 24.3 Å². The van der Waals surface area contributed by atoms with Crippen LogP contribution in [0.5, 0.6) is 0 Å². The average Bonchev–Trinajstić information content (AvgIpc) is 2.45. The summed E-state index contributed by atoms with van der Waals surface area (Å²) in [6.07, 6.45) is 4.09. The van der Waals surface area contributed by atoms with Gasteiger partial charge in [0.05, 0.1) is 5.92 Å². The monoisotopic (exact) mass is 294 g/mol. The van der Waals surface area contributed by atoms with Crippen LogP contribution in [0.25, 0.3) is 0 Å². The highest BCUT2D eigenvalue weighted by molar-refractivity contribution is 6.30. The molecule has 2 rings (SSSR count). The molecule has 1 aliphatic heterocycles. The molecule has 0 aromatic heterocycles. The molecule has 20 heavy (non-hydrogen) atoms. The number of likely N-dealkylation sites (tertiary alicyclic amines) is 1. The van der Waals surface area contributed by atoms with Gasteiger partial charge in [-0.25, -0.2) is 0 Å². The summed E-state index contributed by atoms with van der Waals surface area (Å²) < 4.78 is 0. The Morgan fingerprint density at radius 3 is 2.85 bits per heavy atom. The van der Waals surface area contributed by atoms with Crippen molar-refractivity contribution in [1.82, 2.24) is 10.2 Å². The van der Waals surface area contributed by atoms with Crippen molar-refractivity contribution in [3.8, 4) is 0 Å². The summed E-state index contributed by atoms with van der Waals surface area (Å²) in [6.45, 7) is 2.75. The molecule has 1 atom stereocenters. The van der Waals surface area contributed by atoms with Crippen molar-refractivity contribution >= 4 is 17.5 Å². The van der Waals surface area contributed by atoms with Crippen LogP contribution in [0.15, 0.2) is 24.3 Å². The van der Waals surface area contributed by atoms with E-state index in [-0.39, 0.29) is 11.8 Å². The first-order chi connectivity index (χ1) is 9.65. The Labute approximate surface area is 126 Å². The van der Waals surface area contributed by atoms with Gasteiger partial charge in [0.15, 0.2) is 0 Å². The fraction of sp³-hybridized carbons (Fsp3) is 0.562. The molecule has 0 aliphatic carbocycles. The molecule has 0 radical (unpaired) electrons. The Bertz CT molecular complexity index is 433. The maximum atomic E-state index is 12.0. The molecule has 1 aromatic rings. The summed E-state index contributed by atoms with van der Waals surface area (Å²) in [4.78, 5) is 14.3. The minimum atomic E-state index is 0.171. The van der Waals surface area contributed by atoms with Gasteiger partial charge < -0.3 is 10.2 Å². The molecule has 1 aromatic carbocycles. The molecule has 110 valence electrons. The zero-order valence-electron chi connectivity index (χ0n) is 12.1. The van der Waals surface area contributed by atoms with Crippen LogP contribution < -0.4 is 5.32 Å². The van der Waals surface area contributed by atoms with Gasteiger partial charge in [0.2, 0.25) is 5.91 Å². The highest BCUT2D eigenvalue weighted by Crippen LogP contribution is 2.15. The summed E-state index contributed by atoms with van der Waals surface area (Å²) >= 11 is 5.85. The number of amides is 1. The van der Waals surface area contributed by atoms with Crippen molar-refractivity contribution in [1.29, 1.82) is 0 Å². The van der Waals surface area contributed by atoms with Crippen LogP contribution in [-0.4, -0.2) is 37.5 Å². The zero-order valence-corrected chi connectivity index (χ0v) is 12.8. The minimum absolute atomic E-state index is 0.171. The second kappa shape index (κ2) is 7.65. The molecular formula is C16H23ClN2O. The second-order valence-electron chi connectivity index (χ2n) is 5.62. The topological polar surface area (TPSA) is 32.3 Å². The van der Waals surface area contributed by atoms with E-state index in [9.17, 15) is 4.79 Å². The summed E-state index contributed by atoms with van der Waals surface area (Å²) in [5.74, 6) is 0.386. The van der Waals surface area contributed by atoms with Crippen molar-refractivity contribution in [3.63, 3.8) is 0 Å². The van der Waals surface area contributed by atoms with Gasteiger partial charge in [0.25, 0.3) is 0 Å². The predicted octanol–water partition coefficient (Wildman–Crippen LogP) is 2.73. The molecule has 0 unspecified atom stereocenters. The van der Waals surface area contributed by atoms with E-state index in [1.165, 1.54) is 5.56 Å². The maximum Gasteiger partial charge on any atom is 0.224 e. The molecule has 1 aliphatic rings. The number of carbonyl (C=O) groups excluding carboxylic acids is 1. The van der Waals surface area contributed by atoms with Crippen LogP contribution >= 0.6 is 11.6 Å². The van der Waals surface area contributed by atoms with E-state index < -0.39 is 0 Å². The fourth-order valence-electron chi connectivity index (χ4n) is 2.68. The fourth-order valence-corrected chi connectivity index (χ4v) is 2.81. The molecule has 1 N–H and O–H groups in total. The van der Waals surface area contributed by atoms with E-state index in [2.05, 4.69) is 17.3 Å². The van der Waals surface area contributed by atoms with Crippen molar-refractivity contribution in [2.24, 2.45) is 5.92 Å². The molecule has 0 spiro atoms. The number of nitrogens with zero attached hydrogens (tertiary/aromatic N) is 1. The van der Waals surface area contributed by atoms with Crippen LogP contribution in [0.1, 0.15) is 24.8 Å². The zero-order chi connectivity index (χ0) is 14.4. The van der Waals surface area contributed by atoms with Crippen LogP contribution in [0.3, 0.4) is 0 Å². The number of benzene rings is 1. The molecule has 4 heteroatoms. The highest BCUT2D eigenvalue weighted by atomic mass is 35.5. The van der Waals surface area contributed by atoms with Crippen molar-refractivity contribution in [2.75, 3.05) is 26.7 Å². The standard InChI is InChI=1S/C16H23ClN2O/c1-19-11-3-5-14(12-19)16(20)18-10-2-4-13-6-8-15(17)9-7-13/h6-9,14H,2-5,10-12H2,1H3,(H,18,20)/t14-/m0/s1. The van der Waals surface area contributed by atoms with Gasteiger partial charge >= 0.3 is 0 Å². The number of hydrogen-bond acceptors (Lipinski definition) is 2. The highest BCUT2D eigenvalue weighted by Gasteiger charge is 2.23. The third-order valence-corrected chi connectivity index (χ3v) is 4.10. The molecular weight excluding hydrogens is 272 g/mol. The summed E-state index contributed by atoms with van der Waals surface area (Å²) in [5, 5.41) is 3.83. The van der Waals surface area contributed by atoms with Crippen molar-refractivity contribution in [2.45, 2.75) is 25.7 Å². The van der Waals surface area contributed by atoms with Crippen molar-refractivity contribution < 1.29 is 4.79 Å². The number of nitrogens with one attached hydrogen (secondary N) is 1. The Hall–Kier alpha value is -1.06. The number of piperidine rings is 1. The van der Waals surface area contributed by atoms with Crippen LogP contribution in [0.4, 0.5) is 0 Å². The summed E-state index contributed by atoms with van der Waals surface area (Å²) in [7, 11) is 2.08. The third kappa shape index (κ3) is 4.80. The number of carbonyl (C=O) groups is 1. The van der Waals surface area contributed by atoms with Crippen LogP contribution in [0, 0.1) is 5.92 Å². The van der Waals surface area contributed by atoms with Gasteiger partial charge in [-0.1, -0.05) is 23.7 Å². The molecule has 3 nitrogen and oxygen atoms in total. The predicted molar refractivity (Wildman–Crippen MR) is 83.0 cm³/mol. The van der Waals surface area contributed by atoms with Gasteiger partial charge in [0, 0.05) is 18.1 Å². The molecule has 1 amide bonds. The largest absolute Gasteiger partial charge is 0.356 e. The summed E-state index contributed by atoms with van der Waals surface area (Å²) in [6, 6.07) is 7.90. The normalized spacial score (nSPS) is 19.8. The smallest absolute Gasteiger partial charge is 0.224 e. The quantitative estimate of drug-likeness (QED) is 0.847. The van der Waals surface area contributed by atoms with Crippen molar-refractivity contribution in [3.05, 3.63) is 34.9 Å². The minimum Gasteiger partial charge on any atom is -0.356 e. The molecule has 1 fully saturated rings. The average molecular weight is 295 g/mol. The lowest BCUT2D eigenvalue weighted by atomic mass is 9.97. The first-order valence-electron chi connectivity index (χ1n) is 7.36. The summed E-state index contributed by atoms with van der Waals surface area (Å²) in [5.41, 5.74) is 1.26. The first kappa shape index (κ1) is 15.3. The second-order valence-corrected chi connectivity index (χ2v) is 6.06. The van der Waals surface area contributed by atoms with Gasteiger partial charge in [-0.15, -0.1) is 0 Å². The third-order valence-electron chi connectivity index (χ3n) is 3.85. The maximum absolute atomic E-state index is 12.0. The number of aryl methyl sites for hydroxylation is 1. The SMILES string of the molecule is CN1CCC[C@H](C(=O)NCCCc2ccc(Cl)cc2)C1. The lowest BCUT2D eigenvalue weighted by Crippen LogP contribution is -2.41. The van der Waals surface area contributed by atoms with E-state index in [0.717, 1.165) is 50.3 Å². The molecule has 1 saturated heterocycles. The number of halogens is 1. The van der Waals surface area contributed by atoms with Gasteiger partial charge in [-0.2, -0.15) is 0 Å². The molecule has 0 saturated carbocycles. The molecule has 1 heterocycles. The van der Waals surface area contributed by atoms with Gasteiger partial charge in [-0.05, 0) is 57.0 Å². The van der Waals surface area contributed by atoms with Gasteiger partial charge in [0.1, 0.15) is 0 Å². The van der Waals surface area contributed by atoms with E-state index >= 15 is 0 Å². The Morgan fingerprint density at radius 1 is 1.40 bits per heavy atom. The first-order valence-corrected chi connectivity index (χ1v) is 7.73. The van der Waals surface area contributed by atoms with Crippen LogP contribution in [-0.2, 0) is 11.2 Å². The van der Waals surface area contributed by atoms with E-state index in [1.54, 1.807) is 0 Å².